The van der Waals surface area contributed by atoms with E-state index < -0.39 is 0 Å². The third-order valence-electron chi connectivity index (χ3n) is 3.79. The van der Waals surface area contributed by atoms with E-state index in [-0.39, 0.29) is 0 Å². The van der Waals surface area contributed by atoms with Crippen LogP contribution >= 0.6 is 0 Å². The molecule has 0 amide bonds. The molecular weight excluding hydrogens is 182 g/mol. The standard InChI is InChI=1S/C14H21N/c1-11(2)14(8-9-15-14)10-13-6-4-12(3)5-7-13/h4-7,11,15H,8-10H2,1-3H3. The average molecular weight is 203 g/mol. The van der Waals surface area contributed by atoms with E-state index in [4.69, 9.17) is 0 Å². The van der Waals surface area contributed by atoms with Crippen molar-refractivity contribution in [3.8, 4) is 0 Å². The van der Waals surface area contributed by atoms with Gasteiger partial charge in [-0.1, -0.05) is 43.7 Å². The summed E-state index contributed by atoms with van der Waals surface area (Å²) in [4.78, 5) is 0. The van der Waals surface area contributed by atoms with Crippen molar-refractivity contribution in [1.29, 1.82) is 0 Å². The van der Waals surface area contributed by atoms with Gasteiger partial charge < -0.3 is 5.32 Å². The summed E-state index contributed by atoms with van der Waals surface area (Å²) in [6, 6.07) is 8.95. The first-order chi connectivity index (χ1) is 7.12. The number of hydrogen-bond donors (Lipinski definition) is 1. The molecule has 1 aliphatic heterocycles. The van der Waals surface area contributed by atoms with Gasteiger partial charge in [-0.3, -0.25) is 0 Å². The second-order valence-electron chi connectivity index (χ2n) is 5.15. The van der Waals surface area contributed by atoms with Crippen molar-refractivity contribution in [1.82, 2.24) is 5.32 Å². The minimum atomic E-state index is 0.370. The van der Waals surface area contributed by atoms with Crippen LogP contribution in [0.4, 0.5) is 0 Å². The Morgan fingerprint density at radius 1 is 1.27 bits per heavy atom. The molecule has 0 aromatic heterocycles. The summed E-state index contributed by atoms with van der Waals surface area (Å²) in [5, 5.41) is 3.62. The quantitative estimate of drug-likeness (QED) is 0.796. The van der Waals surface area contributed by atoms with Crippen LogP contribution in [0.15, 0.2) is 24.3 Å². The lowest BCUT2D eigenvalue weighted by atomic mass is 9.73. The molecule has 82 valence electrons. The van der Waals surface area contributed by atoms with Crippen molar-refractivity contribution >= 4 is 0 Å². The molecule has 1 unspecified atom stereocenters. The molecule has 1 aromatic rings. The van der Waals surface area contributed by atoms with Gasteiger partial charge in [0, 0.05) is 5.54 Å². The fourth-order valence-corrected chi connectivity index (χ4v) is 2.36. The number of rotatable bonds is 3. The van der Waals surface area contributed by atoms with Crippen LogP contribution in [0.5, 0.6) is 0 Å². The summed E-state index contributed by atoms with van der Waals surface area (Å²) in [6.45, 7) is 7.97. The molecule has 1 nitrogen and oxygen atoms in total. The van der Waals surface area contributed by atoms with E-state index in [0.29, 0.717) is 11.5 Å². The minimum absolute atomic E-state index is 0.370. The Morgan fingerprint density at radius 3 is 2.27 bits per heavy atom. The van der Waals surface area contributed by atoms with Gasteiger partial charge >= 0.3 is 0 Å². The van der Waals surface area contributed by atoms with Gasteiger partial charge in [0.2, 0.25) is 0 Å². The fourth-order valence-electron chi connectivity index (χ4n) is 2.36. The molecule has 15 heavy (non-hydrogen) atoms. The Hall–Kier alpha value is -0.820. The summed E-state index contributed by atoms with van der Waals surface area (Å²) < 4.78 is 0. The van der Waals surface area contributed by atoms with Gasteiger partial charge in [0.25, 0.3) is 0 Å². The molecule has 1 N–H and O–H groups in total. The molecule has 1 fully saturated rings. The molecule has 1 heteroatoms. The summed E-state index contributed by atoms with van der Waals surface area (Å²) in [5.74, 6) is 0.715. The number of benzene rings is 1. The highest BCUT2D eigenvalue weighted by atomic mass is 15.1. The molecule has 0 aliphatic carbocycles. The monoisotopic (exact) mass is 203 g/mol. The SMILES string of the molecule is Cc1ccc(CC2(C(C)C)CCN2)cc1. The van der Waals surface area contributed by atoms with Crippen molar-refractivity contribution in [3.63, 3.8) is 0 Å². The maximum Gasteiger partial charge on any atom is 0.0256 e. The molecule has 1 saturated heterocycles. The van der Waals surface area contributed by atoms with E-state index in [0.717, 1.165) is 0 Å². The zero-order chi connectivity index (χ0) is 10.9. The number of aryl methyl sites for hydroxylation is 1. The first-order valence-electron chi connectivity index (χ1n) is 5.93. The van der Waals surface area contributed by atoms with Gasteiger partial charge in [0.05, 0.1) is 0 Å². The summed E-state index contributed by atoms with van der Waals surface area (Å²) >= 11 is 0. The van der Waals surface area contributed by atoms with Crippen LogP contribution in [0.1, 0.15) is 31.4 Å². The predicted molar refractivity (Wildman–Crippen MR) is 65.1 cm³/mol. The molecule has 1 heterocycles. The van der Waals surface area contributed by atoms with Crippen molar-refractivity contribution in [2.75, 3.05) is 6.54 Å². The normalized spacial score (nSPS) is 25.3. The Kier molecular flexibility index (Phi) is 2.83. The van der Waals surface area contributed by atoms with Crippen LogP contribution in [0.25, 0.3) is 0 Å². The van der Waals surface area contributed by atoms with Gasteiger partial charge in [0.1, 0.15) is 0 Å². The van der Waals surface area contributed by atoms with Crippen LogP contribution < -0.4 is 5.32 Å². The first-order valence-corrected chi connectivity index (χ1v) is 5.93. The lowest BCUT2D eigenvalue weighted by molar-refractivity contribution is 0.139. The zero-order valence-electron chi connectivity index (χ0n) is 10.0. The largest absolute Gasteiger partial charge is 0.311 e. The van der Waals surface area contributed by atoms with Gasteiger partial charge in [-0.2, -0.15) is 0 Å². The van der Waals surface area contributed by atoms with Crippen LogP contribution in [0, 0.1) is 12.8 Å². The van der Waals surface area contributed by atoms with E-state index >= 15 is 0 Å². The van der Waals surface area contributed by atoms with E-state index in [2.05, 4.69) is 50.4 Å². The van der Waals surface area contributed by atoms with E-state index in [1.54, 1.807) is 0 Å². The highest BCUT2D eigenvalue weighted by Crippen LogP contribution is 2.31. The second kappa shape index (κ2) is 3.97. The van der Waals surface area contributed by atoms with Crippen LogP contribution in [-0.2, 0) is 6.42 Å². The van der Waals surface area contributed by atoms with Gasteiger partial charge in [0.15, 0.2) is 0 Å². The van der Waals surface area contributed by atoms with Gasteiger partial charge in [-0.15, -0.1) is 0 Å². The van der Waals surface area contributed by atoms with Gasteiger partial charge in [-0.05, 0) is 37.8 Å². The van der Waals surface area contributed by atoms with Gasteiger partial charge in [-0.25, -0.2) is 0 Å². The average Bonchev–Trinajstić information content (AvgIpc) is 2.13. The van der Waals surface area contributed by atoms with E-state index in [1.165, 1.54) is 30.5 Å². The number of hydrogen-bond acceptors (Lipinski definition) is 1. The van der Waals surface area contributed by atoms with E-state index in [9.17, 15) is 0 Å². The maximum atomic E-state index is 3.62. The molecule has 1 aromatic carbocycles. The molecule has 1 aliphatic rings. The van der Waals surface area contributed by atoms with Crippen molar-refractivity contribution in [3.05, 3.63) is 35.4 Å². The summed E-state index contributed by atoms with van der Waals surface area (Å²) in [5.41, 5.74) is 3.18. The van der Waals surface area contributed by atoms with Crippen molar-refractivity contribution < 1.29 is 0 Å². The van der Waals surface area contributed by atoms with Crippen molar-refractivity contribution in [2.24, 2.45) is 5.92 Å². The van der Waals surface area contributed by atoms with Crippen LogP contribution in [-0.4, -0.2) is 12.1 Å². The fraction of sp³-hybridized carbons (Fsp3) is 0.571. The van der Waals surface area contributed by atoms with E-state index in [1.807, 2.05) is 0 Å². The molecule has 1 atom stereocenters. The molecule has 0 bridgehead atoms. The Morgan fingerprint density at radius 2 is 1.87 bits per heavy atom. The third kappa shape index (κ3) is 2.07. The predicted octanol–water partition coefficient (Wildman–Crippen LogP) is 2.93. The Labute approximate surface area is 92.9 Å². The third-order valence-corrected chi connectivity index (χ3v) is 3.79. The van der Waals surface area contributed by atoms with Crippen LogP contribution in [0.2, 0.25) is 0 Å². The maximum absolute atomic E-state index is 3.62. The Bertz CT molecular complexity index is 320. The molecule has 2 rings (SSSR count). The highest BCUT2D eigenvalue weighted by molar-refractivity contribution is 5.24. The summed E-state index contributed by atoms with van der Waals surface area (Å²) in [7, 11) is 0. The zero-order valence-corrected chi connectivity index (χ0v) is 10.0. The Balaban J connectivity index is 2.10. The first kappa shape index (κ1) is 10.7. The molecule has 0 spiro atoms. The smallest absolute Gasteiger partial charge is 0.0256 e. The topological polar surface area (TPSA) is 12.0 Å². The lowest BCUT2D eigenvalue weighted by Crippen LogP contribution is -2.61. The second-order valence-corrected chi connectivity index (χ2v) is 5.15. The summed E-state index contributed by atoms with van der Waals surface area (Å²) in [6.07, 6.45) is 2.49. The molecule has 0 saturated carbocycles. The minimum Gasteiger partial charge on any atom is -0.311 e. The lowest BCUT2D eigenvalue weighted by Gasteiger charge is -2.47. The molecular formula is C14H21N. The number of nitrogens with one attached hydrogen (secondary N) is 1. The van der Waals surface area contributed by atoms with Crippen LogP contribution in [0.3, 0.4) is 0 Å². The van der Waals surface area contributed by atoms with Crippen molar-refractivity contribution in [2.45, 2.75) is 39.2 Å². The highest BCUT2D eigenvalue weighted by Gasteiger charge is 2.39. The molecule has 0 radical (unpaired) electrons.